The second kappa shape index (κ2) is 6.40. The molecule has 2 bridgehead atoms. The van der Waals surface area contributed by atoms with E-state index in [0.717, 1.165) is 25.9 Å². The summed E-state index contributed by atoms with van der Waals surface area (Å²) < 4.78 is 7.86. The summed E-state index contributed by atoms with van der Waals surface area (Å²) >= 11 is 0. The second-order valence-corrected chi connectivity index (χ2v) is 8.39. The van der Waals surface area contributed by atoms with Crippen molar-refractivity contribution in [1.82, 2.24) is 15.1 Å². The number of hydrogen-bond acceptors (Lipinski definition) is 4. The van der Waals surface area contributed by atoms with E-state index in [-0.39, 0.29) is 5.60 Å². The van der Waals surface area contributed by atoms with Gasteiger partial charge in [-0.3, -0.25) is 9.48 Å². The molecule has 2 N–H and O–H groups in total. The fourth-order valence-electron chi connectivity index (χ4n) is 5.08. The summed E-state index contributed by atoms with van der Waals surface area (Å²) in [7, 11) is 1.99. The number of fused-ring (bicyclic) bond motifs is 2. The van der Waals surface area contributed by atoms with Crippen molar-refractivity contribution in [1.29, 1.82) is 0 Å². The number of carbonyl (C=O) groups is 1. The van der Waals surface area contributed by atoms with Gasteiger partial charge in [-0.15, -0.1) is 0 Å². The van der Waals surface area contributed by atoms with Crippen LogP contribution in [0.5, 0.6) is 0 Å². The quantitative estimate of drug-likeness (QED) is 0.827. The summed E-state index contributed by atoms with van der Waals surface area (Å²) in [6, 6.07) is 0. The molecule has 6 heteroatoms. The molecule has 2 heterocycles. The van der Waals surface area contributed by atoms with Crippen LogP contribution in [-0.4, -0.2) is 39.6 Å². The van der Waals surface area contributed by atoms with Gasteiger partial charge < -0.3 is 15.2 Å². The third-order valence-corrected chi connectivity index (χ3v) is 6.52. The lowest BCUT2D eigenvalue weighted by molar-refractivity contribution is -0.150. The fourth-order valence-corrected chi connectivity index (χ4v) is 5.08. The summed E-state index contributed by atoms with van der Waals surface area (Å²) in [4.78, 5) is 11.5. The van der Waals surface area contributed by atoms with Crippen molar-refractivity contribution >= 4 is 5.97 Å². The monoisotopic (exact) mass is 347 g/mol. The van der Waals surface area contributed by atoms with Gasteiger partial charge in [-0.25, -0.2) is 0 Å². The summed E-state index contributed by atoms with van der Waals surface area (Å²) in [5.41, 5.74) is 1.62. The molecular weight excluding hydrogens is 318 g/mol. The third kappa shape index (κ3) is 3.10. The molecule has 2 unspecified atom stereocenters. The molecule has 1 saturated heterocycles. The van der Waals surface area contributed by atoms with Crippen molar-refractivity contribution in [3.63, 3.8) is 0 Å². The number of carboxylic acid groups (broad SMARTS) is 1. The number of aliphatic carboxylic acids is 1. The van der Waals surface area contributed by atoms with Gasteiger partial charge in [0.2, 0.25) is 0 Å². The minimum atomic E-state index is -0.696. The predicted octanol–water partition coefficient (Wildman–Crippen LogP) is 2.58. The van der Waals surface area contributed by atoms with Crippen LogP contribution in [0.15, 0.2) is 6.20 Å². The number of aromatic nitrogens is 2. The van der Waals surface area contributed by atoms with E-state index in [1.807, 2.05) is 11.7 Å². The molecule has 0 spiro atoms. The van der Waals surface area contributed by atoms with Gasteiger partial charge in [0.05, 0.1) is 23.3 Å². The first kappa shape index (κ1) is 17.0. The van der Waals surface area contributed by atoms with E-state index in [2.05, 4.69) is 11.5 Å². The largest absolute Gasteiger partial charge is 0.481 e. The van der Waals surface area contributed by atoms with Crippen LogP contribution in [0.4, 0.5) is 0 Å². The van der Waals surface area contributed by atoms with Gasteiger partial charge in [0, 0.05) is 37.8 Å². The topological polar surface area (TPSA) is 76.4 Å². The molecule has 6 nitrogen and oxygen atoms in total. The summed E-state index contributed by atoms with van der Waals surface area (Å²) in [5.74, 6) is -0.0995. The zero-order valence-corrected chi connectivity index (χ0v) is 15.1. The van der Waals surface area contributed by atoms with Gasteiger partial charge in [0.15, 0.2) is 0 Å². The Hall–Kier alpha value is -1.40. The molecule has 2 atom stereocenters. The Kier molecular flexibility index (Phi) is 4.36. The van der Waals surface area contributed by atoms with Gasteiger partial charge in [-0.1, -0.05) is 19.3 Å². The van der Waals surface area contributed by atoms with Crippen molar-refractivity contribution in [3.05, 3.63) is 17.5 Å². The van der Waals surface area contributed by atoms with Crippen LogP contribution in [0.3, 0.4) is 0 Å². The second-order valence-electron chi connectivity index (χ2n) is 8.39. The van der Waals surface area contributed by atoms with E-state index >= 15 is 0 Å². The van der Waals surface area contributed by atoms with Gasteiger partial charge in [-0.2, -0.15) is 5.10 Å². The molecule has 1 aliphatic heterocycles. The Labute approximate surface area is 148 Å². The summed E-state index contributed by atoms with van der Waals surface area (Å²) in [6.45, 7) is 1.87. The zero-order chi connectivity index (χ0) is 17.5. The van der Waals surface area contributed by atoms with Crippen LogP contribution >= 0.6 is 0 Å². The fraction of sp³-hybridized carbons (Fsp3) is 0.789. The van der Waals surface area contributed by atoms with Crippen LogP contribution in [0.25, 0.3) is 0 Å². The Morgan fingerprint density at radius 1 is 1.40 bits per heavy atom. The Balaban J connectivity index is 1.37. The molecular formula is C19H29N3O3. The lowest BCUT2D eigenvalue weighted by Crippen LogP contribution is -2.39. The first-order chi connectivity index (χ1) is 12.0. The van der Waals surface area contributed by atoms with Crippen molar-refractivity contribution < 1.29 is 14.6 Å². The lowest BCUT2D eigenvalue weighted by atomic mass is 9.85. The van der Waals surface area contributed by atoms with Gasteiger partial charge in [0.1, 0.15) is 0 Å². The van der Waals surface area contributed by atoms with Crippen LogP contribution < -0.4 is 5.32 Å². The standard InChI is InChI=1S/C19H29N3O3/c1-22-10-15(16(21-22)14-5-3-2-4-6-14)9-20-12-19-8-7-18(11-19,13-25-19)17(23)24/h10,14,20H,2-9,11-13H2,1H3,(H,23,24). The van der Waals surface area contributed by atoms with E-state index in [9.17, 15) is 9.90 Å². The molecule has 2 aliphatic carbocycles. The minimum Gasteiger partial charge on any atom is -0.481 e. The molecule has 2 saturated carbocycles. The number of hydrogen-bond donors (Lipinski definition) is 2. The molecule has 0 radical (unpaired) electrons. The number of nitrogens with zero attached hydrogens (tertiary/aromatic N) is 2. The first-order valence-corrected chi connectivity index (χ1v) is 9.63. The average molecular weight is 347 g/mol. The molecule has 0 amide bonds. The highest BCUT2D eigenvalue weighted by atomic mass is 16.5. The Bertz CT molecular complexity index is 640. The minimum absolute atomic E-state index is 0.286. The molecule has 3 fully saturated rings. The van der Waals surface area contributed by atoms with Crippen LogP contribution in [0.1, 0.15) is 68.5 Å². The lowest BCUT2D eigenvalue weighted by Gasteiger charge is -2.27. The van der Waals surface area contributed by atoms with Crippen molar-refractivity contribution in [2.24, 2.45) is 12.5 Å². The Morgan fingerprint density at radius 3 is 2.84 bits per heavy atom. The molecule has 0 aromatic carbocycles. The molecule has 1 aromatic rings. The first-order valence-electron chi connectivity index (χ1n) is 9.63. The van der Waals surface area contributed by atoms with E-state index in [1.54, 1.807) is 0 Å². The van der Waals surface area contributed by atoms with E-state index in [4.69, 9.17) is 9.84 Å². The number of carboxylic acids is 1. The van der Waals surface area contributed by atoms with E-state index < -0.39 is 11.4 Å². The van der Waals surface area contributed by atoms with E-state index in [1.165, 1.54) is 43.4 Å². The SMILES string of the molecule is Cn1cc(CNCC23CCC(C(=O)O)(CO2)C3)c(C2CCCCC2)n1. The highest BCUT2D eigenvalue weighted by Crippen LogP contribution is 2.52. The van der Waals surface area contributed by atoms with Gasteiger partial charge in [-0.05, 0) is 32.1 Å². The molecule has 3 aliphatic rings. The van der Waals surface area contributed by atoms with Crippen molar-refractivity contribution in [2.75, 3.05) is 13.2 Å². The van der Waals surface area contributed by atoms with Gasteiger partial charge in [0.25, 0.3) is 0 Å². The zero-order valence-electron chi connectivity index (χ0n) is 15.1. The highest BCUT2D eigenvalue weighted by Gasteiger charge is 2.59. The summed E-state index contributed by atoms with van der Waals surface area (Å²) in [5, 5.41) is 17.8. The number of ether oxygens (including phenoxy) is 1. The molecule has 1 aromatic heterocycles. The van der Waals surface area contributed by atoms with Crippen LogP contribution in [-0.2, 0) is 23.1 Å². The summed E-state index contributed by atoms with van der Waals surface area (Å²) in [6.07, 6.45) is 10.8. The molecule has 138 valence electrons. The number of aryl methyl sites for hydroxylation is 1. The number of rotatable bonds is 6. The van der Waals surface area contributed by atoms with Gasteiger partial charge >= 0.3 is 5.97 Å². The normalized spacial score (nSPS) is 32.4. The third-order valence-electron chi connectivity index (χ3n) is 6.52. The van der Waals surface area contributed by atoms with Crippen molar-refractivity contribution in [3.8, 4) is 0 Å². The average Bonchev–Trinajstić information content (AvgIpc) is 3.28. The maximum absolute atomic E-state index is 11.5. The maximum Gasteiger partial charge on any atom is 0.312 e. The Morgan fingerprint density at radius 2 is 2.20 bits per heavy atom. The smallest absolute Gasteiger partial charge is 0.312 e. The highest BCUT2D eigenvalue weighted by molar-refractivity contribution is 5.76. The van der Waals surface area contributed by atoms with Crippen molar-refractivity contribution in [2.45, 2.75) is 69.4 Å². The molecule has 25 heavy (non-hydrogen) atoms. The van der Waals surface area contributed by atoms with Crippen LogP contribution in [0, 0.1) is 5.41 Å². The van der Waals surface area contributed by atoms with Crippen LogP contribution in [0.2, 0.25) is 0 Å². The number of nitrogens with one attached hydrogen (secondary N) is 1. The maximum atomic E-state index is 11.5. The van der Waals surface area contributed by atoms with E-state index in [0.29, 0.717) is 18.9 Å². The predicted molar refractivity (Wildman–Crippen MR) is 93.3 cm³/mol. The molecule has 4 rings (SSSR count).